The summed E-state index contributed by atoms with van der Waals surface area (Å²) in [4.78, 5) is 19.1. The van der Waals surface area contributed by atoms with E-state index in [0.29, 0.717) is 13.2 Å². The van der Waals surface area contributed by atoms with Crippen LogP contribution in [0.2, 0.25) is 0 Å². The van der Waals surface area contributed by atoms with Crippen molar-refractivity contribution >= 4 is 12.0 Å². The Morgan fingerprint density at radius 1 is 1.53 bits per heavy atom. The number of ether oxygens (including phenoxy) is 2. The quantitative estimate of drug-likeness (QED) is 0.383. The van der Waals surface area contributed by atoms with Crippen LogP contribution in [0.25, 0.3) is 0 Å². The van der Waals surface area contributed by atoms with Gasteiger partial charge in [-0.2, -0.15) is 5.90 Å². The molecule has 3 N–H and O–H groups in total. The average molecular weight is 246 g/mol. The van der Waals surface area contributed by atoms with Gasteiger partial charge in [-0.3, -0.25) is 0 Å². The van der Waals surface area contributed by atoms with Gasteiger partial charge in [0, 0.05) is 13.1 Å². The molecule has 8 heteroatoms. The molecule has 0 bridgehead atoms. The number of hydrogen-bond donors (Lipinski definition) is 2. The minimum absolute atomic E-state index is 0.0786. The van der Waals surface area contributed by atoms with Crippen molar-refractivity contribution in [2.24, 2.45) is 10.9 Å². The Hall–Kier alpha value is -1.22. The molecule has 0 aromatic rings. The number of amides is 1. The minimum atomic E-state index is -0.711. The monoisotopic (exact) mass is 246 g/mol. The van der Waals surface area contributed by atoms with Gasteiger partial charge in [0.25, 0.3) is 0 Å². The fourth-order valence-electron chi connectivity index (χ4n) is 1.27. The summed E-state index contributed by atoms with van der Waals surface area (Å²) in [6, 6.07) is 0. The number of nitrogens with two attached hydrogens (primary N) is 1. The normalized spacial score (nSPS) is 17.9. The van der Waals surface area contributed by atoms with Crippen LogP contribution in [0.15, 0.2) is 4.99 Å². The van der Waals surface area contributed by atoms with Crippen LogP contribution in [0.4, 0.5) is 4.79 Å². The molecule has 0 aromatic heterocycles. The first kappa shape index (κ1) is 13.8. The molecule has 1 heterocycles. The van der Waals surface area contributed by atoms with Crippen LogP contribution in [0, 0.1) is 0 Å². The maximum atomic E-state index is 11.1. The van der Waals surface area contributed by atoms with Crippen molar-refractivity contribution < 1.29 is 19.1 Å². The molecule has 1 fully saturated rings. The lowest BCUT2D eigenvalue weighted by Gasteiger charge is -2.26. The van der Waals surface area contributed by atoms with Crippen molar-refractivity contribution in [3.8, 4) is 0 Å². The summed E-state index contributed by atoms with van der Waals surface area (Å²) < 4.78 is 9.83. The summed E-state index contributed by atoms with van der Waals surface area (Å²) in [6.07, 6.45) is -0.711. The van der Waals surface area contributed by atoms with Gasteiger partial charge in [0.05, 0.1) is 26.4 Å². The summed E-state index contributed by atoms with van der Waals surface area (Å²) in [5.74, 6) is 5.09. The van der Waals surface area contributed by atoms with E-state index in [1.165, 1.54) is 0 Å². The lowest BCUT2D eigenvalue weighted by molar-refractivity contribution is 0.0141. The van der Waals surface area contributed by atoms with Crippen molar-refractivity contribution in [1.82, 2.24) is 10.4 Å². The van der Waals surface area contributed by atoms with Gasteiger partial charge in [0.1, 0.15) is 0 Å². The third kappa shape index (κ3) is 5.59. The largest absolute Gasteiger partial charge is 0.448 e. The number of carbonyl (C=O) groups excluding carboxylic acids is 1. The Balaban J connectivity index is 2.32. The maximum absolute atomic E-state index is 11.1. The molecule has 1 saturated heterocycles. The number of carbonyl (C=O) groups is 1. The van der Waals surface area contributed by atoms with E-state index in [2.05, 4.69) is 20.0 Å². The lowest BCUT2D eigenvalue weighted by atomic mass is 10.5. The molecule has 1 rings (SSSR count). The zero-order chi connectivity index (χ0) is 12.5. The van der Waals surface area contributed by atoms with Gasteiger partial charge in [-0.1, -0.05) is 0 Å². The van der Waals surface area contributed by atoms with Crippen LogP contribution in [0.3, 0.4) is 0 Å². The Labute approximate surface area is 99.6 Å². The van der Waals surface area contributed by atoms with E-state index in [9.17, 15) is 4.79 Å². The Morgan fingerprint density at radius 3 is 2.82 bits per heavy atom. The second-order valence-electron chi connectivity index (χ2n) is 3.26. The van der Waals surface area contributed by atoms with E-state index in [1.807, 2.05) is 5.01 Å². The smallest absolute Gasteiger partial charge is 0.436 e. The molecule has 17 heavy (non-hydrogen) atoms. The zero-order valence-electron chi connectivity index (χ0n) is 9.85. The Morgan fingerprint density at radius 2 is 2.24 bits per heavy atom. The number of hydrazine groups is 1. The lowest BCUT2D eigenvalue weighted by Crippen LogP contribution is -2.48. The molecule has 0 spiro atoms. The van der Waals surface area contributed by atoms with E-state index in [-0.39, 0.29) is 19.0 Å². The van der Waals surface area contributed by atoms with Crippen LogP contribution in [0.5, 0.6) is 0 Å². The summed E-state index contributed by atoms with van der Waals surface area (Å²) in [6.45, 7) is 5.05. The number of nitrogens with zero attached hydrogens (tertiary/aromatic N) is 2. The van der Waals surface area contributed by atoms with E-state index in [4.69, 9.17) is 10.6 Å². The van der Waals surface area contributed by atoms with Gasteiger partial charge < -0.3 is 14.3 Å². The van der Waals surface area contributed by atoms with Gasteiger partial charge >= 0.3 is 6.09 Å². The highest BCUT2D eigenvalue weighted by Gasteiger charge is 2.12. The molecule has 1 amide bonds. The standard InChI is InChI=1S/C9H18N4O4/c1-2-16-9(14)12-8(17-10)7-11-13-3-5-15-6-4-13/h11H,2-7,10H2,1H3/b12-8-. The second kappa shape index (κ2) is 7.96. The predicted molar refractivity (Wildman–Crippen MR) is 60.1 cm³/mol. The van der Waals surface area contributed by atoms with Crippen molar-refractivity contribution in [3.63, 3.8) is 0 Å². The fourth-order valence-corrected chi connectivity index (χ4v) is 1.27. The average Bonchev–Trinajstić information content (AvgIpc) is 2.36. The zero-order valence-corrected chi connectivity index (χ0v) is 9.85. The predicted octanol–water partition coefficient (Wildman–Crippen LogP) is -0.731. The van der Waals surface area contributed by atoms with Crippen LogP contribution < -0.4 is 11.3 Å². The van der Waals surface area contributed by atoms with Crippen molar-refractivity contribution in [2.45, 2.75) is 6.92 Å². The summed E-state index contributed by atoms with van der Waals surface area (Å²) >= 11 is 0. The van der Waals surface area contributed by atoms with Crippen LogP contribution in [-0.4, -0.2) is 56.5 Å². The topological polar surface area (TPSA) is 98.4 Å². The maximum Gasteiger partial charge on any atom is 0.436 e. The molecule has 0 aliphatic carbocycles. The molecule has 0 radical (unpaired) electrons. The van der Waals surface area contributed by atoms with Gasteiger partial charge in [-0.25, -0.2) is 15.2 Å². The van der Waals surface area contributed by atoms with Crippen LogP contribution >= 0.6 is 0 Å². The number of hydrogen-bond acceptors (Lipinski definition) is 7. The first-order valence-electron chi connectivity index (χ1n) is 5.43. The molecule has 1 aliphatic heterocycles. The molecular weight excluding hydrogens is 228 g/mol. The van der Waals surface area contributed by atoms with Crippen LogP contribution in [0.1, 0.15) is 6.92 Å². The number of aliphatic imine (C=N–C) groups is 1. The Kier molecular flexibility index (Phi) is 6.48. The Bertz CT molecular complexity index is 266. The highest BCUT2D eigenvalue weighted by Crippen LogP contribution is 1.92. The third-order valence-electron chi connectivity index (χ3n) is 2.08. The van der Waals surface area contributed by atoms with E-state index >= 15 is 0 Å². The molecule has 8 nitrogen and oxygen atoms in total. The van der Waals surface area contributed by atoms with Crippen molar-refractivity contribution in [1.29, 1.82) is 0 Å². The second-order valence-corrected chi connectivity index (χ2v) is 3.26. The molecule has 0 atom stereocenters. The van der Waals surface area contributed by atoms with Crippen molar-refractivity contribution in [2.75, 3.05) is 39.5 Å². The third-order valence-corrected chi connectivity index (χ3v) is 2.08. The van der Waals surface area contributed by atoms with Crippen LogP contribution in [-0.2, 0) is 14.3 Å². The van der Waals surface area contributed by atoms with Gasteiger partial charge in [0.15, 0.2) is 0 Å². The highest BCUT2D eigenvalue weighted by molar-refractivity contribution is 5.88. The molecule has 98 valence electrons. The minimum Gasteiger partial charge on any atom is -0.448 e. The summed E-state index contributed by atoms with van der Waals surface area (Å²) in [5, 5.41) is 1.95. The number of morpholine rings is 1. The SMILES string of the molecule is CCOC(=O)/N=C(/CNN1CCOCC1)ON. The van der Waals surface area contributed by atoms with E-state index in [1.54, 1.807) is 6.92 Å². The van der Waals surface area contributed by atoms with Gasteiger partial charge in [-0.15, -0.1) is 4.99 Å². The molecule has 0 saturated carbocycles. The molecule has 1 aliphatic rings. The first-order valence-corrected chi connectivity index (χ1v) is 5.43. The highest BCUT2D eigenvalue weighted by atomic mass is 16.6. The van der Waals surface area contributed by atoms with E-state index in [0.717, 1.165) is 13.1 Å². The first-order chi connectivity index (χ1) is 8.26. The summed E-state index contributed by atoms with van der Waals surface area (Å²) in [5.41, 5.74) is 3.03. The van der Waals surface area contributed by atoms with E-state index < -0.39 is 6.09 Å². The molecular formula is C9H18N4O4. The van der Waals surface area contributed by atoms with Crippen molar-refractivity contribution in [3.05, 3.63) is 0 Å². The molecule has 0 aromatic carbocycles. The summed E-state index contributed by atoms with van der Waals surface area (Å²) in [7, 11) is 0. The number of nitrogens with one attached hydrogen (secondary N) is 1. The number of rotatable bonds is 4. The van der Waals surface area contributed by atoms with Gasteiger partial charge in [-0.05, 0) is 6.92 Å². The van der Waals surface area contributed by atoms with Gasteiger partial charge in [0.2, 0.25) is 5.90 Å². The molecule has 0 unspecified atom stereocenters. The fraction of sp³-hybridized carbons (Fsp3) is 0.778.